The molecule has 0 bridgehead atoms. The van der Waals surface area contributed by atoms with Crippen LogP contribution in [0.3, 0.4) is 0 Å². The first-order valence-electron chi connectivity index (χ1n) is 9.45. The van der Waals surface area contributed by atoms with Gasteiger partial charge in [-0.15, -0.1) is 0 Å². The molecule has 3 amide bonds. The van der Waals surface area contributed by atoms with Gasteiger partial charge in [-0.1, -0.05) is 12.1 Å². The Morgan fingerprint density at radius 3 is 2.90 bits per heavy atom. The van der Waals surface area contributed by atoms with Crippen LogP contribution in [0.5, 0.6) is 5.75 Å². The van der Waals surface area contributed by atoms with E-state index < -0.39 is 11.9 Å². The summed E-state index contributed by atoms with van der Waals surface area (Å²) in [7, 11) is 0. The quantitative estimate of drug-likeness (QED) is 0.692. The van der Waals surface area contributed by atoms with Crippen LogP contribution in [0.1, 0.15) is 34.3 Å². The first-order chi connectivity index (χ1) is 14.1. The molecule has 1 N–H and O–H groups in total. The van der Waals surface area contributed by atoms with E-state index in [1.54, 1.807) is 18.4 Å². The lowest BCUT2D eigenvalue weighted by molar-refractivity contribution is -0.136. The smallest absolute Gasteiger partial charge is 0.255 e. The van der Waals surface area contributed by atoms with Gasteiger partial charge in [-0.3, -0.25) is 19.7 Å². The lowest BCUT2D eigenvalue weighted by atomic mass is 10.0. The van der Waals surface area contributed by atoms with Crippen LogP contribution in [-0.2, 0) is 22.7 Å². The van der Waals surface area contributed by atoms with Crippen molar-refractivity contribution in [3.8, 4) is 5.75 Å². The van der Waals surface area contributed by atoms with E-state index in [1.807, 2.05) is 30.3 Å². The molecule has 0 spiro atoms. The molecule has 1 fully saturated rings. The lowest BCUT2D eigenvalue weighted by Crippen LogP contribution is -2.52. The Morgan fingerprint density at radius 1 is 1.14 bits per heavy atom. The number of amides is 3. The molecule has 0 radical (unpaired) electrons. The summed E-state index contributed by atoms with van der Waals surface area (Å²) in [6.45, 7) is 0.640. The number of benzene rings is 2. The second kappa shape index (κ2) is 6.77. The van der Waals surface area contributed by atoms with Gasteiger partial charge < -0.3 is 14.1 Å². The van der Waals surface area contributed by atoms with Crippen molar-refractivity contribution in [3.05, 3.63) is 65.4 Å². The highest BCUT2D eigenvalue weighted by Gasteiger charge is 2.40. The number of nitrogens with zero attached hydrogens (tertiary/aromatic N) is 1. The lowest BCUT2D eigenvalue weighted by Gasteiger charge is -2.29. The fourth-order valence-corrected chi connectivity index (χ4v) is 3.96. The van der Waals surface area contributed by atoms with Gasteiger partial charge in [0.2, 0.25) is 11.8 Å². The average molecular weight is 390 g/mol. The third kappa shape index (κ3) is 3.04. The number of hydrogen-bond acceptors (Lipinski definition) is 5. The van der Waals surface area contributed by atoms with Crippen LogP contribution in [0.2, 0.25) is 0 Å². The number of fused-ring (bicyclic) bond motifs is 2. The summed E-state index contributed by atoms with van der Waals surface area (Å²) in [5.74, 6) is -0.301. The first-order valence-corrected chi connectivity index (χ1v) is 9.45. The van der Waals surface area contributed by atoms with Gasteiger partial charge in [0, 0.05) is 22.9 Å². The molecule has 3 heterocycles. The zero-order valence-electron chi connectivity index (χ0n) is 15.5. The third-order valence-electron chi connectivity index (χ3n) is 5.45. The van der Waals surface area contributed by atoms with Crippen molar-refractivity contribution in [2.24, 2.45) is 0 Å². The van der Waals surface area contributed by atoms with Gasteiger partial charge >= 0.3 is 0 Å². The first kappa shape index (κ1) is 17.5. The summed E-state index contributed by atoms with van der Waals surface area (Å²) in [5.41, 5.74) is 3.12. The van der Waals surface area contributed by atoms with Crippen molar-refractivity contribution in [1.82, 2.24) is 10.2 Å². The van der Waals surface area contributed by atoms with Crippen molar-refractivity contribution < 1.29 is 23.5 Å². The van der Waals surface area contributed by atoms with Gasteiger partial charge in [0.25, 0.3) is 5.91 Å². The Balaban J connectivity index is 1.36. The Morgan fingerprint density at radius 2 is 2.03 bits per heavy atom. The molecule has 0 saturated carbocycles. The summed E-state index contributed by atoms with van der Waals surface area (Å²) in [4.78, 5) is 38.0. The average Bonchev–Trinajstić information content (AvgIpc) is 3.31. The predicted molar refractivity (Wildman–Crippen MR) is 103 cm³/mol. The molecule has 1 atom stereocenters. The van der Waals surface area contributed by atoms with Crippen molar-refractivity contribution in [2.45, 2.75) is 32.0 Å². The monoisotopic (exact) mass is 390 g/mol. The van der Waals surface area contributed by atoms with Crippen molar-refractivity contribution in [1.29, 1.82) is 0 Å². The van der Waals surface area contributed by atoms with E-state index in [0.29, 0.717) is 24.3 Å². The van der Waals surface area contributed by atoms with E-state index in [0.717, 1.165) is 22.1 Å². The second-order valence-electron chi connectivity index (χ2n) is 7.26. The summed E-state index contributed by atoms with van der Waals surface area (Å²) in [6.07, 6.45) is 2.22. The topological polar surface area (TPSA) is 88.9 Å². The normalized spacial score (nSPS) is 18.8. The number of carbonyl (C=O) groups excluding carboxylic acids is 3. The summed E-state index contributed by atoms with van der Waals surface area (Å²) >= 11 is 0. The minimum Gasteiger partial charge on any atom is -0.489 e. The predicted octanol–water partition coefficient (Wildman–Crippen LogP) is 2.77. The molecule has 3 aromatic rings. The maximum absolute atomic E-state index is 12.9. The fourth-order valence-electron chi connectivity index (χ4n) is 3.96. The number of nitrogens with one attached hydrogen (secondary N) is 1. The Hall–Kier alpha value is -3.61. The van der Waals surface area contributed by atoms with Crippen LogP contribution < -0.4 is 10.1 Å². The standard InChI is InChI=1S/C22H18N2O5/c25-20-7-5-17(21(26)23-20)24-11-16-15(22(24)27)2-1-3-19(16)29-12-13-4-6-18-14(10-13)8-9-28-18/h1-4,6,8-10,17H,5,7,11-12H2,(H,23,25,26). The van der Waals surface area contributed by atoms with Crippen LogP contribution in [0.25, 0.3) is 11.0 Å². The van der Waals surface area contributed by atoms with E-state index in [1.165, 1.54) is 4.90 Å². The van der Waals surface area contributed by atoms with Crippen molar-refractivity contribution in [3.63, 3.8) is 0 Å². The summed E-state index contributed by atoms with van der Waals surface area (Å²) in [6, 6.07) is 12.5. The SMILES string of the molecule is O=C1CCC(N2Cc3c(OCc4ccc5occc5c4)cccc3C2=O)C(=O)N1. The largest absolute Gasteiger partial charge is 0.489 e. The van der Waals surface area contributed by atoms with Crippen LogP contribution in [0.4, 0.5) is 0 Å². The Labute approximate surface area is 166 Å². The Bertz CT molecular complexity index is 1150. The molecule has 29 heavy (non-hydrogen) atoms. The van der Waals surface area contributed by atoms with Gasteiger partial charge in [-0.25, -0.2) is 0 Å². The molecule has 146 valence electrons. The fraction of sp³-hybridized carbons (Fsp3) is 0.227. The zero-order chi connectivity index (χ0) is 20.0. The second-order valence-corrected chi connectivity index (χ2v) is 7.26. The number of piperidine rings is 1. The van der Waals surface area contributed by atoms with Crippen molar-refractivity contribution >= 4 is 28.7 Å². The molecule has 5 rings (SSSR count). The molecule has 7 heteroatoms. The van der Waals surface area contributed by atoms with Gasteiger partial charge in [-0.2, -0.15) is 0 Å². The summed E-state index contributed by atoms with van der Waals surface area (Å²) < 4.78 is 11.4. The number of furan rings is 1. The molecule has 1 unspecified atom stereocenters. The molecule has 2 aliphatic heterocycles. The Kier molecular flexibility index (Phi) is 4.08. The van der Waals surface area contributed by atoms with Gasteiger partial charge in [-0.05, 0) is 42.3 Å². The van der Waals surface area contributed by atoms with Crippen molar-refractivity contribution in [2.75, 3.05) is 0 Å². The number of imide groups is 1. The molecule has 1 saturated heterocycles. The zero-order valence-corrected chi connectivity index (χ0v) is 15.5. The third-order valence-corrected chi connectivity index (χ3v) is 5.45. The maximum Gasteiger partial charge on any atom is 0.255 e. The van der Waals surface area contributed by atoms with Crippen LogP contribution >= 0.6 is 0 Å². The highest BCUT2D eigenvalue weighted by Crippen LogP contribution is 2.34. The minimum absolute atomic E-state index is 0.209. The van der Waals surface area contributed by atoms with Crippen LogP contribution in [0, 0.1) is 0 Å². The molecule has 7 nitrogen and oxygen atoms in total. The minimum atomic E-state index is -0.635. The molecule has 1 aromatic heterocycles. The number of carbonyl (C=O) groups is 3. The van der Waals surface area contributed by atoms with Gasteiger partial charge in [0.1, 0.15) is 24.0 Å². The van der Waals surface area contributed by atoms with E-state index in [2.05, 4.69) is 5.32 Å². The molecule has 0 aliphatic carbocycles. The number of hydrogen-bond donors (Lipinski definition) is 1. The maximum atomic E-state index is 12.9. The van der Waals surface area contributed by atoms with E-state index in [9.17, 15) is 14.4 Å². The summed E-state index contributed by atoms with van der Waals surface area (Å²) in [5, 5.41) is 3.32. The molecule has 2 aromatic carbocycles. The van der Waals surface area contributed by atoms with Crippen LogP contribution in [0.15, 0.2) is 53.1 Å². The molecular formula is C22H18N2O5. The van der Waals surface area contributed by atoms with Crippen LogP contribution in [-0.4, -0.2) is 28.7 Å². The highest BCUT2D eigenvalue weighted by molar-refractivity contribution is 6.05. The number of rotatable bonds is 4. The van der Waals surface area contributed by atoms with Gasteiger partial charge in [0.15, 0.2) is 0 Å². The van der Waals surface area contributed by atoms with E-state index in [-0.39, 0.29) is 24.8 Å². The number of ether oxygens (including phenoxy) is 1. The van der Waals surface area contributed by atoms with E-state index in [4.69, 9.17) is 9.15 Å². The van der Waals surface area contributed by atoms with E-state index >= 15 is 0 Å². The molecular weight excluding hydrogens is 372 g/mol. The van der Waals surface area contributed by atoms with Gasteiger partial charge in [0.05, 0.1) is 12.8 Å². The highest BCUT2D eigenvalue weighted by atomic mass is 16.5. The molecule has 2 aliphatic rings.